The fourth-order valence-electron chi connectivity index (χ4n) is 13.7. The number of non-ortho nitro benzene ring substituents is 1. The number of nitrogens with zero attached hydrogens (tertiary/aromatic N) is 2. The molecule has 0 radical (unpaired) electrons. The van der Waals surface area contributed by atoms with Gasteiger partial charge >= 0.3 is 35.7 Å². The second-order valence-corrected chi connectivity index (χ2v) is 33.7. The molecule has 798 valence electrons. The van der Waals surface area contributed by atoms with Crippen LogP contribution < -0.4 is 125 Å². The highest BCUT2D eigenvalue weighted by Crippen LogP contribution is 2.30. The Balaban J connectivity index is 0.00000742. The van der Waals surface area contributed by atoms with Crippen molar-refractivity contribution in [1.29, 1.82) is 16.2 Å². The summed E-state index contributed by atoms with van der Waals surface area (Å²) < 4.78 is 37.0. The predicted octanol–water partition coefficient (Wildman–Crippen LogP) is -4.26. The number of carboxylic acid groups (broad SMARTS) is 4. The first-order valence-electron chi connectivity index (χ1n) is 45.0. The highest BCUT2D eigenvalue weighted by molar-refractivity contribution is 6.02. The van der Waals surface area contributed by atoms with E-state index in [-0.39, 0.29) is 107 Å². The topological polar surface area (TPSA) is 931 Å². The molecule has 0 saturated carbocycles. The number of nitro benzene ring substituents is 2. The monoisotopic (exact) mass is 2060 g/mol. The Morgan fingerprint density at radius 1 is 0.448 bits per heavy atom. The highest BCUT2D eigenvalue weighted by atomic mass is 19.4. The van der Waals surface area contributed by atoms with E-state index in [1.807, 2.05) is 0 Å². The van der Waals surface area contributed by atoms with Crippen molar-refractivity contribution in [2.45, 2.75) is 235 Å². The summed E-state index contributed by atoms with van der Waals surface area (Å²) in [5.74, 6) is -26.5. The average molecular weight is 2060 g/mol. The van der Waals surface area contributed by atoms with Crippen LogP contribution >= 0.6 is 0 Å². The minimum absolute atomic E-state index is 0.0183. The molecule has 0 fully saturated rings. The molecule has 13 atom stereocenters. The zero-order chi connectivity index (χ0) is 109. The number of hydrogen-bond donors (Lipinski definition) is 30. The summed E-state index contributed by atoms with van der Waals surface area (Å²) in [6.07, 6.45) is -11.9. The summed E-state index contributed by atoms with van der Waals surface area (Å²) in [7, 11) is 0. The maximum Gasteiger partial charge on any atom is 0.490 e. The van der Waals surface area contributed by atoms with Crippen LogP contribution in [-0.4, -0.2) is 277 Å². The zero-order valence-corrected chi connectivity index (χ0v) is 79.6. The van der Waals surface area contributed by atoms with E-state index in [9.17, 15) is 131 Å². The van der Waals surface area contributed by atoms with Gasteiger partial charge in [0.25, 0.3) is 11.4 Å². The molecule has 0 aliphatic rings. The van der Waals surface area contributed by atoms with E-state index in [4.69, 9.17) is 59.2 Å². The van der Waals surface area contributed by atoms with E-state index in [1.54, 1.807) is 45.0 Å². The highest BCUT2D eigenvalue weighted by Gasteiger charge is 2.41. The number of carbonyl (C=O) groups is 18. The molecule has 14 amide bonds. The van der Waals surface area contributed by atoms with Crippen LogP contribution in [0, 0.1) is 55.2 Å². The number of halogens is 3. The standard InChI is InChI=1S/C84H123N27O27.C2HF3O2/c1-41(2)33-56(105-79(131)58(38-63(85)113)108-81(133)68(42(3)4)109-75(127)55(26-28-65(116)117)104-80(132)60(40-112)98-46-21-23-48-43(5)34-67(120)138-62(48)36-46)77(129)107-59(39-66(118)119)76(128)97-44(6)70(122)100-54(25-27-64(114)115)74(126)106-57(35-45-15-8-7-9-16-45)78(130)103-53(20-14-32-96-84(91)92)73(125)101-51(17-10-11-29-93-49-24-22-47(110(134)135)37-61(49)111(136)137)72(124)102-52(19-13-31-95-83(89)90)71(123)99-50(69(86)121)18-12-30-94-82(87)88;3-2(4,5)1(6)7/h7-9,15-16,21-24,34,36-37,41-42,44,50-60,68,93,98,112H,10-14,17-20,25-33,35,38-40H2,1-6H3,(H2,85,113)(H2,86,121)(H,97,128)(H,99,123)(H,100,122)(H,101,125)(H,102,124)(H,103,130)(H,104,132)(H,105,131)(H,106,126)(H,107,129)(H,108,133)(H,109,127)(H,114,115)(H,116,117)(H,118,119)(H4,87,88,94)(H4,89,90,95)(H4,91,92,96);(H,6,7)/t44-,50-,51-,52-,53-,54-,55-,56-,57-,58-,59-,60-,68-;/m0./s1. The van der Waals surface area contributed by atoms with Gasteiger partial charge in [0.2, 0.25) is 82.7 Å². The number of anilines is 2. The quantitative estimate of drug-likeness (QED) is 0.00497. The molecular weight excluding hydrogens is 1930 g/mol. The van der Waals surface area contributed by atoms with E-state index >= 15 is 9.59 Å². The average Bonchev–Trinajstić information content (AvgIpc) is 0.454. The van der Waals surface area contributed by atoms with E-state index in [2.05, 4.69) is 90.4 Å². The number of aliphatic hydroxyl groups is 1. The molecule has 0 aliphatic carbocycles. The summed E-state index contributed by atoms with van der Waals surface area (Å²) in [6.45, 7) is 7.60. The van der Waals surface area contributed by atoms with Crippen LogP contribution in [0.2, 0.25) is 0 Å². The molecule has 1 heterocycles. The van der Waals surface area contributed by atoms with Crippen LogP contribution in [0.1, 0.15) is 148 Å². The number of aliphatic carboxylic acids is 4. The molecule has 0 bridgehead atoms. The second-order valence-electron chi connectivity index (χ2n) is 33.7. The van der Waals surface area contributed by atoms with Gasteiger partial charge in [-0.1, -0.05) is 58.0 Å². The lowest BCUT2D eigenvalue weighted by Crippen LogP contribution is -2.61. The minimum atomic E-state index is -5.08. The molecule has 4 rings (SSSR count). The van der Waals surface area contributed by atoms with Gasteiger partial charge in [-0.15, -0.1) is 0 Å². The Hall–Kier alpha value is -16.7. The van der Waals surface area contributed by atoms with Crippen molar-refractivity contribution in [3.8, 4) is 0 Å². The lowest BCUT2D eigenvalue weighted by Gasteiger charge is -2.29. The van der Waals surface area contributed by atoms with Crippen LogP contribution in [-0.2, 0) is 92.7 Å². The molecule has 1 aromatic heterocycles. The predicted molar refractivity (Wildman–Crippen MR) is 507 cm³/mol. The van der Waals surface area contributed by atoms with Gasteiger partial charge in [-0.25, -0.2) is 9.59 Å². The number of carboxylic acids is 4. The minimum Gasteiger partial charge on any atom is -0.481 e. The molecule has 56 nitrogen and oxygen atoms in total. The van der Waals surface area contributed by atoms with E-state index in [0.29, 0.717) is 16.5 Å². The van der Waals surface area contributed by atoms with E-state index in [0.717, 1.165) is 25.1 Å². The van der Waals surface area contributed by atoms with Gasteiger partial charge < -0.3 is 149 Å². The van der Waals surface area contributed by atoms with Crippen LogP contribution in [0.3, 0.4) is 0 Å². The molecule has 35 N–H and O–H groups in total. The number of nitrogens with one attached hydrogen (secondary N) is 20. The van der Waals surface area contributed by atoms with Gasteiger partial charge in [0.15, 0.2) is 17.9 Å². The van der Waals surface area contributed by atoms with Gasteiger partial charge in [0, 0.05) is 74.7 Å². The molecule has 4 aromatic rings. The number of alkyl halides is 3. The van der Waals surface area contributed by atoms with Gasteiger partial charge in [-0.2, -0.15) is 13.2 Å². The number of unbranched alkanes of at least 4 members (excludes halogenated alkanes) is 1. The van der Waals surface area contributed by atoms with Gasteiger partial charge in [-0.3, -0.25) is 118 Å². The Labute approximate surface area is 824 Å². The smallest absolute Gasteiger partial charge is 0.481 e. The first-order chi connectivity index (χ1) is 67.9. The summed E-state index contributed by atoms with van der Waals surface area (Å²) >= 11 is 0. The Kier molecular flexibility index (Phi) is 51.6. The number of hydrogen-bond acceptors (Lipinski definition) is 30. The molecule has 0 aliphatic heterocycles. The number of amides is 14. The fraction of sp³-hybridized carbons (Fsp3) is 0.512. The van der Waals surface area contributed by atoms with Crippen LogP contribution in [0.15, 0.2) is 82.0 Å². The van der Waals surface area contributed by atoms with E-state index in [1.165, 1.54) is 44.2 Å². The van der Waals surface area contributed by atoms with Crippen molar-refractivity contribution in [2.24, 2.45) is 40.5 Å². The third-order valence-corrected chi connectivity index (χ3v) is 21.0. The molecular formula is C86H124F3N27O29. The molecule has 0 unspecified atom stereocenters. The Bertz CT molecular complexity index is 5350. The van der Waals surface area contributed by atoms with Crippen molar-refractivity contribution in [2.75, 3.05) is 43.4 Å². The maximum absolute atomic E-state index is 15.1. The number of nitro groups is 2. The van der Waals surface area contributed by atoms with Gasteiger partial charge in [0.1, 0.15) is 89.8 Å². The van der Waals surface area contributed by atoms with Gasteiger partial charge in [-0.05, 0) is 132 Å². The number of benzene rings is 3. The van der Waals surface area contributed by atoms with Gasteiger partial charge in [0.05, 0.1) is 35.4 Å². The summed E-state index contributed by atoms with van der Waals surface area (Å²) in [6, 6.07) is -6.31. The molecule has 0 spiro atoms. The summed E-state index contributed by atoms with van der Waals surface area (Å²) in [5.41, 5.74) is 26.8. The van der Waals surface area contributed by atoms with Crippen LogP contribution in [0.5, 0.6) is 0 Å². The number of fused-ring (bicyclic) bond motifs is 1. The number of carbonyl (C=O) groups excluding carboxylic acids is 14. The number of guanidine groups is 3. The number of aliphatic hydroxyl groups excluding tert-OH is 1. The first-order valence-corrected chi connectivity index (χ1v) is 45.0. The number of nitrogens with two attached hydrogens (primary N) is 5. The third kappa shape index (κ3) is 46.1. The van der Waals surface area contributed by atoms with Crippen molar-refractivity contribution >= 4 is 158 Å². The number of aryl methyl sites for hydroxylation is 1. The Morgan fingerprint density at radius 3 is 1.31 bits per heavy atom. The third-order valence-electron chi connectivity index (χ3n) is 21.0. The summed E-state index contributed by atoms with van der Waals surface area (Å²) in [5, 5.41) is 136. The molecule has 59 heteroatoms. The second kappa shape index (κ2) is 61.1. The van der Waals surface area contributed by atoms with Crippen molar-refractivity contribution < 1.29 is 139 Å². The van der Waals surface area contributed by atoms with Crippen molar-refractivity contribution in [3.05, 3.63) is 115 Å². The fourth-order valence-corrected chi connectivity index (χ4v) is 13.7. The maximum atomic E-state index is 15.1. The molecule has 0 saturated heterocycles. The summed E-state index contributed by atoms with van der Waals surface area (Å²) in [4.78, 5) is 278. The Morgan fingerprint density at radius 2 is 0.862 bits per heavy atom. The van der Waals surface area contributed by atoms with Crippen LogP contribution in [0.4, 0.5) is 35.9 Å². The first kappa shape index (κ1) is 122. The number of rotatable bonds is 63. The van der Waals surface area contributed by atoms with Crippen molar-refractivity contribution in [3.63, 3.8) is 0 Å². The normalized spacial score (nSPS) is 13.7. The van der Waals surface area contributed by atoms with Crippen molar-refractivity contribution in [1.82, 2.24) is 79.8 Å². The molecule has 3 aromatic carbocycles. The lowest BCUT2D eigenvalue weighted by atomic mass is 10.00. The lowest BCUT2D eigenvalue weighted by molar-refractivity contribution is -0.393. The van der Waals surface area contributed by atoms with Crippen LogP contribution in [0.25, 0.3) is 11.0 Å². The van der Waals surface area contributed by atoms with E-state index < -0.39 is 299 Å². The molecule has 145 heavy (non-hydrogen) atoms. The largest absolute Gasteiger partial charge is 0.490 e. The zero-order valence-electron chi connectivity index (χ0n) is 79.6. The SMILES string of the molecule is Cc1cc(=O)oc2cc(N[C@@H](CO)C(=O)N[C@@H](CCC(=O)O)C(=O)N[C@H](C(=O)N[C@@H](CC(N)=O)C(=O)N[C@@H](CC(C)C)C(=O)N[C@@H](CC(=O)O)C(=O)N[C@@H](C)C(=O)N[C@@H](CCC(=O)O)C(=O)N[C@@H](Cc3ccccc3)C(=O)N[C@@H](CCCNC(=N)N)C(=O)N[C@@H](CCCCNc3ccc([N+](=O)[O-])cc3[N+](=O)[O-])C(=O)N[C@@H](CCCNC(=N)N)C(=O)N[C@@H](CCCNC(=N)N)C(N)=O)C(C)C)ccc12.O=C(O)C(F)(F)F. The number of primary amides is 2.